The fourth-order valence-electron chi connectivity index (χ4n) is 2.45. The van der Waals surface area contributed by atoms with E-state index in [1.807, 2.05) is 0 Å². The standard InChI is InChI=1S/C13H17N3O3.ClH/c1-9-4-5-10(7-12(9)16(18)19)13(17)15-6-2-3-11(15)8-14;/h4-5,7,11H,2-3,6,8,14H2,1H3;1H. The molecule has 110 valence electrons. The zero-order valence-electron chi connectivity index (χ0n) is 11.2. The number of rotatable bonds is 3. The summed E-state index contributed by atoms with van der Waals surface area (Å²) in [6.07, 6.45) is 1.83. The van der Waals surface area contributed by atoms with Crippen molar-refractivity contribution < 1.29 is 9.72 Å². The zero-order valence-corrected chi connectivity index (χ0v) is 12.1. The van der Waals surface area contributed by atoms with E-state index in [0.717, 1.165) is 12.8 Å². The van der Waals surface area contributed by atoms with Crippen LogP contribution in [0.5, 0.6) is 0 Å². The molecule has 0 radical (unpaired) electrons. The van der Waals surface area contributed by atoms with Crippen molar-refractivity contribution >= 4 is 24.0 Å². The van der Waals surface area contributed by atoms with Crippen LogP contribution in [0.1, 0.15) is 28.8 Å². The van der Waals surface area contributed by atoms with Gasteiger partial charge in [0, 0.05) is 36.3 Å². The predicted octanol–water partition coefficient (Wildman–Crippen LogP) is 1.89. The third-order valence-corrected chi connectivity index (χ3v) is 3.56. The normalized spacial score (nSPS) is 17.7. The van der Waals surface area contributed by atoms with E-state index >= 15 is 0 Å². The maximum atomic E-state index is 12.4. The van der Waals surface area contributed by atoms with Gasteiger partial charge >= 0.3 is 0 Å². The molecule has 0 saturated carbocycles. The first-order chi connectivity index (χ1) is 9.04. The summed E-state index contributed by atoms with van der Waals surface area (Å²) in [5.74, 6) is -0.170. The van der Waals surface area contributed by atoms with E-state index in [4.69, 9.17) is 5.73 Å². The minimum Gasteiger partial charge on any atom is -0.334 e. The second kappa shape index (κ2) is 6.67. The number of nitrogens with zero attached hydrogens (tertiary/aromatic N) is 2. The second-order valence-electron chi connectivity index (χ2n) is 4.79. The summed E-state index contributed by atoms with van der Waals surface area (Å²) < 4.78 is 0. The highest BCUT2D eigenvalue weighted by molar-refractivity contribution is 5.95. The molecule has 1 saturated heterocycles. The number of hydrogen-bond acceptors (Lipinski definition) is 4. The quantitative estimate of drug-likeness (QED) is 0.681. The van der Waals surface area contributed by atoms with Crippen molar-refractivity contribution in [1.82, 2.24) is 4.90 Å². The zero-order chi connectivity index (χ0) is 14.0. The van der Waals surface area contributed by atoms with Gasteiger partial charge in [0.1, 0.15) is 0 Å². The number of nitro groups is 1. The van der Waals surface area contributed by atoms with Crippen LogP contribution in [0.4, 0.5) is 5.69 Å². The van der Waals surface area contributed by atoms with Gasteiger partial charge in [-0.2, -0.15) is 0 Å². The van der Waals surface area contributed by atoms with Crippen molar-refractivity contribution in [1.29, 1.82) is 0 Å². The van der Waals surface area contributed by atoms with Gasteiger partial charge in [-0.1, -0.05) is 6.07 Å². The van der Waals surface area contributed by atoms with Crippen LogP contribution < -0.4 is 5.73 Å². The first-order valence-corrected chi connectivity index (χ1v) is 6.30. The van der Waals surface area contributed by atoms with Crippen LogP contribution in [0.3, 0.4) is 0 Å². The molecule has 1 atom stereocenters. The molecule has 1 fully saturated rings. The third-order valence-electron chi connectivity index (χ3n) is 3.56. The van der Waals surface area contributed by atoms with Crippen molar-refractivity contribution in [3.05, 3.63) is 39.4 Å². The van der Waals surface area contributed by atoms with Crippen LogP contribution >= 0.6 is 12.4 Å². The van der Waals surface area contributed by atoms with Crippen LogP contribution in [-0.2, 0) is 0 Å². The number of benzene rings is 1. The van der Waals surface area contributed by atoms with Gasteiger partial charge in [-0.3, -0.25) is 14.9 Å². The molecule has 0 aliphatic carbocycles. The summed E-state index contributed by atoms with van der Waals surface area (Å²) >= 11 is 0. The van der Waals surface area contributed by atoms with Crippen LogP contribution in [0, 0.1) is 17.0 Å². The number of nitrogens with two attached hydrogens (primary N) is 1. The van der Waals surface area contributed by atoms with Gasteiger partial charge < -0.3 is 10.6 Å². The molecule has 1 aromatic carbocycles. The van der Waals surface area contributed by atoms with E-state index < -0.39 is 4.92 Å². The number of aryl methyl sites for hydroxylation is 1. The Morgan fingerprint density at radius 2 is 2.25 bits per heavy atom. The summed E-state index contributed by atoms with van der Waals surface area (Å²) in [6.45, 7) is 2.76. The van der Waals surface area contributed by atoms with E-state index in [0.29, 0.717) is 24.2 Å². The number of halogens is 1. The molecule has 1 aliphatic rings. The highest BCUT2D eigenvalue weighted by Gasteiger charge is 2.29. The molecular weight excluding hydrogens is 282 g/mol. The van der Waals surface area contributed by atoms with E-state index in [2.05, 4.69) is 0 Å². The maximum absolute atomic E-state index is 12.4. The Morgan fingerprint density at radius 1 is 1.55 bits per heavy atom. The Bertz CT molecular complexity index is 522. The highest BCUT2D eigenvalue weighted by atomic mass is 35.5. The first-order valence-electron chi connectivity index (χ1n) is 6.30. The molecule has 2 rings (SSSR count). The second-order valence-corrected chi connectivity index (χ2v) is 4.79. The average Bonchev–Trinajstić information content (AvgIpc) is 2.86. The molecule has 20 heavy (non-hydrogen) atoms. The molecule has 0 aromatic heterocycles. The smallest absolute Gasteiger partial charge is 0.273 e. The summed E-state index contributed by atoms with van der Waals surface area (Å²) in [4.78, 5) is 24.5. The first kappa shape index (κ1) is 16.4. The highest BCUT2D eigenvalue weighted by Crippen LogP contribution is 2.23. The van der Waals surface area contributed by atoms with Crippen molar-refractivity contribution in [3.63, 3.8) is 0 Å². The van der Waals surface area contributed by atoms with Crippen molar-refractivity contribution in [2.24, 2.45) is 5.73 Å². The van der Waals surface area contributed by atoms with Gasteiger partial charge in [0.05, 0.1) is 4.92 Å². The lowest BCUT2D eigenvalue weighted by molar-refractivity contribution is -0.385. The molecule has 7 heteroatoms. The summed E-state index contributed by atoms with van der Waals surface area (Å²) in [6, 6.07) is 4.65. The van der Waals surface area contributed by atoms with Crippen LogP contribution in [-0.4, -0.2) is 34.9 Å². The van der Waals surface area contributed by atoms with Crippen molar-refractivity contribution in [2.45, 2.75) is 25.8 Å². The summed E-state index contributed by atoms with van der Waals surface area (Å²) in [5, 5.41) is 10.9. The Balaban J connectivity index is 0.00000200. The number of likely N-dealkylation sites (tertiary alicyclic amines) is 1. The lowest BCUT2D eigenvalue weighted by Crippen LogP contribution is -2.39. The fourth-order valence-corrected chi connectivity index (χ4v) is 2.45. The molecule has 1 heterocycles. The average molecular weight is 300 g/mol. The molecule has 1 unspecified atom stereocenters. The molecule has 0 bridgehead atoms. The maximum Gasteiger partial charge on any atom is 0.273 e. The number of hydrogen-bond donors (Lipinski definition) is 1. The number of carbonyl (C=O) groups excluding carboxylic acids is 1. The van der Waals surface area contributed by atoms with Gasteiger partial charge in [0.15, 0.2) is 0 Å². The lowest BCUT2D eigenvalue weighted by Gasteiger charge is -2.23. The third kappa shape index (κ3) is 3.08. The van der Waals surface area contributed by atoms with Crippen LogP contribution in [0.2, 0.25) is 0 Å². The monoisotopic (exact) mass is 299 g/mol. The van der Waals surface area contributed by atoms with E-state index in [9.17, 15) is 14.9 Å². The summed E-state index contributed by atoms with van der Waals surface area (Å²) in [7, 11) is 0. The molecule has 1 aromatic rings. The minimum atomic E-state index is -0.462. The van der Waals surface area contributed by atoms with Crippen LogP contribution in [0.25, 0.3) is 0 Å². The molecular formula is C13H18ClN3O3. The van der Waals surface area contributed by atoms with Gasteiger partial charge in [-0.15, -0.1) is 12.4 Å². The van der Waals surface area contributed by atoms with Crippen molar-refractivity contribution in [3.8, 4) is 0 Å². The Hall–Kier alpha value is -1.66. The molecule has 0 spiro atoms. The van der Waals surface area contributed by atoms with Gasteiger partial charge in [-0.25, -0.2) is 0 Å². The fraction of sp³-hybridized carbons (Fsp3) is 0.462. The van der Waals surface area contributed by atoms with Crippen LogP contribution in [0.15, 0.2) is 18.2 Å². The minimum absolute atomic E-state index is 0. The molecule has 1 amide bonds. The molecule has 6 nitrogen and oxygen atoms in total. The Kier molecular flexibility index (Phi) is 5.47. The van der Waals surface area contributed by atoms with E-state index in [-0.39, 0.29) is 30.0 Å². The predicted molar refractivity (Wildman–Crippen MR) is 78.2 cm³/mol. The van der Waals surface area contributed by atoms with Gasteiger partial charge in [0.25, 0.3) is 11.6 Å². The Morgan fingerprint density at radius 3 is 2.85 bits per heavy atom. The largest absolute Gasteiger partial charge is 0.334 e. The van der Waals surface area contributed by atoms with E-state index in [1.165, 1.54) is 6.07 Å². The summed E-state index contributed by atoms with van der Waals surface area (Å²) in [5.41, 5.74) is 6.53. The van der Waals surface area contributed by atoms with Crippen molar-refractivity contribution in [2.75, 3.05) is 13.1 Å². The van der Waals surface area contributed by atoms with Gasteiger partial charge in [0.2, 0.25) is 0 Å². The SMILES string of the molecule is Cc1ccc(C(=O)N2CCCC2CN)cc1[N+](=O)[O-].Cl. The van der Waals surface area contributed by atoms with E-state index in [1.54, 1.807) is 24.0 Å². The Labute approximate surface area is 123 Å². The number of nitro benzene ring substituents is 1. The molecule has 1 aliphatic heterocycles. The molecule has 2 N–H and O–H groups in total. The lowest BCUT2D eigenvalue weighted by atomic mass is 10.1. The number of amides is 1. The number of carbonyl (C=O) groups is 1. The topological polar surface area (TPSA) is 89.5 Å². The van der Waals surface area contributed by atoms with Gasteiger partial charge in [-0.05, 0) is 25.8 Å².